The van der Waals surface area contributed by atoms with E-state index in [0.29, 0.717) is 17.5 Å². The van der Waals surface area contributed by atoms with Crippen molar-refractivity contribution < 1.29 is 13.6 Å². The molecule has 3 aromatic rings. The molecule has 2 aliphatic rings. The molecular formula is C23H21F2N3O. The fraction of sp³-hybridized carbons (Fsp3) is 0.304. The predicted octanol–water partition coefficient (Wildman–Crippen LogP) is 4.48. The minimum Gasteiger partial charge on any atom is -0.342 e. The van der Waals surface area contributed by atoms with E-state index in [9.17, 15) is 13.6 Å². The summed E-state index contributed by atoms with van der Waals surface area (Å²) in [6.45, 7) is 3.88. The van der Waals surface area contributed by atoms with Crippen LogP contribution in [0.5, 0.6) is 0 Å². The third-order valence-corrected chi connectivity index (χ3v) is 6.04. The summed E-state index contributed by atoms with van der Waals surface area (Å²) in [5, 5.41) is 7.56. The summed E-state index contributed by atoms with van der Waals surface area (Å²) in [7, 11) is 0. The van der Waals surface area contributed by atoms with Gasteiger partial charge in [-0.3, -0.25) is 4.79 Å². The Morgan fingerprint density at radius 2 is 1.93 bits per heavy atom. The lowest BCUT2D eigenvalue weighted by atomic mass is 9.94. The molecule has 0 aliphatic heterocycles. The van der Waals surface area contributed by atoms with E-state index in [2.05, 4.69) is 10.4 Å². The quantitative estimate of drug-likeness (QED) is 0.711. The van der Waals surface area contributed by atoms with Gasteiger partial charge in [0.05, 0.1) is 11.2 Å². The lowest BCUT2D eigenvalue weighted by Crippen LogP contribution is -2.41. The number of halogens is 2. The normalized spacial score (nSPS) is 19.6. The maximum Gasteiger partial charge on any atom is 0.272 e. The van der Waals surface area contributed by atoms with Crippen molar-refractivity contribution in [3.63, 3.8) is 0 Å². The highest BCUT2D eigenvalue weighted by Gasteiger charge is 2.50. The minimum absolute atomic E-state index is 0.177. The van der Waals surface area contributed by atoms with Crippen LogP contribution >= 0.6 is 0 Å². The molecule has 1 amide bonds. The molecule has 29 heavy (non-hydrogen) atoms. The van der Waals surface area contributed by atoms with E-state index in [1.165, 1.54) is 16.8 Å². The van der Waals surface area contributed by atoms with Gasteiger partial charge in [-0.25, -0.2) is 13.5 Å². The number of hydrogen-bond acceptors (Lipinski definition) is 2. The molecule has 0 radical (unpaired) electrons. The molecule has 0 spiro atoms. The molecule has 5 rings (SSSR count). The van der Waals surface area contributed by atoms with Crippen LogP contribution in [0.25, 0.3) is 5.69 Å². The first kappa shape index (κ1) is 18.0. The van der Waals surface area contributed by atoms with Gasteiger partial charge in [-0.1, -0.05) is 30.3 Å². The maximum absolute atomic E-state index is 14.4. The molecule has 0 bridgehead atoms. The zero-order valence-electron chi connectivity index (χ0n) is 16.2. The second-order valence-corrected chi connectivity index (χ2v) is 8.47. The van der Waals surface area contributed by atoms with E-state index in [1.54, 1.807) is 0 Å². The third-order valence-electron chi connectivity index (χ3n) is 6.04. The highest BCUT2D eigenvalue weighted by atomic mass is 19.1. The molecule has 1 saturated carbocycles. The Balaban J connectivity index is 1.53. The number of hydrogen-bond donors (Lipinski definition) is 1. The number of rotatable bonds is 4. The Kier molecular flexibility index (Phi) is 3.88. The molecule has 1 heterocycles. The summed E-state index contributed by atoms with van der Waals surface area (Å²) in [5.74, 6) is -0.812. The van der Waals surface area contributed by atoms with Gasteiger partial charge >= 0.3 is 0 Å². The van der Waals surface area contributed by atoms with Crippen LogP contribution in [0.15, 0.2) is 48.5 Å². The average Bonchev–Trinajstić information content (AvgIpc) is 3.18. The molecule has 2 aliphatic carbocycles. The van der Waals surface area contributed by atoms with Crippen molar-refractivity contribution in [2.45, 2.75) is 38.1 Å². The zero-order chi connectivity index (χ0) is 20.3. The molecule has 1 N–H and O–H groups in total. The number of carbonyl (C=O) groups excluding carboxylic acids is 1. The van der Waals surface area contributed by atoms with Gasteiger partial charge in [0.1, 0.15) is 11.5 Å². The van der Waals surface area contributed by atoms with E-state index in [4.69, 9.17) is 0 Å². The molecule has 2 atom stereocenters. The van der Waals surface area contributed by atoms with Crippen LogP contribution < -0.4 is 5.32 Å². The van der Waals surface area contributed by atoms with Crippen LogP contribution in [-0.4, -0.2) is 15.7 Å². The lowest BCUT2D eigenvalue weighted by molar-refractivity contribution is 0.0905. The van der Waals surface area contributed by atoms with Gasteiger partial charge in [-0.15, -0.1) is 0 Å². The van der Waals surface area contributed by atoms with Crippen molar-refractivity contribution in [1.82, 2.24) is 15.1 Å². The number of amides is 1. The molecule has 1 aromatic heterocycles. The van der Waals surface area contributed by atoms with Crippen molar-refractivity contribution in [1.29, 1.82) is 0 Å². The van der Waals surface area contributed by atoms with Gasteiger partial charge in [-0.2, -0.15) is 5.10 Å². The van der Waals surface area contributed by atoms with Gasteiger partial charge in [0, 0.05) is 17.5 Å². The molecule has 1 fully saturated rings. The zero-order valence-corrected chi connectivity index (χ0v) is 16.2. The van der Waals surface area contributed by atoms with E-state index >= 15 is 0 Å². The molecular weight excluding hydrogens is 372 g/mol. The summed E-state index contributed by atoms with van der Waals surface area (Å²) in [6, 6.07) is 13.2. The van der Waals surface area contributed by atoms with Crippen LogP contribution in [0.4, 0.5) is 8.78 Å². The van der Waals surface area contributed by atoms with Crippen LogP contribution in [0.3, 0.4) is 0 Å². The van der Waals surface area contributed by atoms with Gasteiger partial charge in [0.25, 0.3) is 5.91 Å². The molecule has 6 heteroatoms. The SMILES string of the molecule is CC(C)(NC(=O)c1nn(-c2ccc(F)cc2F)c2c1C[C@@H]1C[C@H]21)c1ccccc1. The van der Waals surface area contributed by atoms with Crippen molar-refractivity contribution >= 4 is 5.91 Å². The standard InChI is InChI=1S/C23H21F2N3O/c1-23(2,14-6-4-3-5-7-14)26-22(29)20-17-11-13-10-16(13)21(17)28(27-20)19-9-8-15(24)12-18(19)25/h3-9,12-13,16H,10-11H2,1-2H3,(H,26,29)/t13-,16-/m0/s1. The summed E-state index contributed by atoms with van der Waals surface area (Å²) >= 11 is 0. The second-order valence-electron chi connectivity index (χ2n) is 8.47. The summed E-state index contributed by atoms with van der Waals surface area (Å²) in [4.78, 5) is 13.2. The minimum atomic E-state index is -0.684. The highest BCUT2D eigenvalue weighted by molar-refractivity contribution is 5.95. The topological polar surface area (TPSA) is 46.9 Å². The van der Waals surface area contributed by atoms with Gasteiger partial charge in [0.2, 0.25) is 0 Å². The van der Waals surface area contributed by atoms with Gasteiger partial charge < -0.3 is 5.32 Å². The number of fused-ring (bicyclic) bond motifs is 3. The maximum atomic E-state index is 14.4. The molecule has 0 saturated heterocycles. The van der Waals surface area contributed by atoms with Crippen molar-refractivity contribution in [3.05, 3.63) is 82.7 Å². The van der Waals surface area contributed by atoms with E-state index in [-0.39, 0.29) is 11.6 Å². The van der Waals surface area contributed by atoms with Crippen molar-refractivity contribution in [2.75, 3.05) is 0 Å². The monoisotopic (exact) mass is 393 g/mol. The number of carbonyl (C=O) groups is 1. The number of benzene rings is 2. The van der Waals surface area contributed by atoms with E-state index in [1.807, 2.05) is 44.2 Å². The Morgan fingerprint density at radius 3 is 2.66 bits per heavy atom. The Morgan fingerprint density at radius 1 is 1.17 bits per heavy atom. The van der Waals surface area contributed by atoms with Crippen molar-refractivity contribution in [2.24, 2.45) is 5.92 Å². The number of nitrogens with zero attached hydrogens (tertiary/aromatic N) is 2. The predicted molar refractivity (Wildman–Crippen MR) is 105 cm³/mol. The first-order chi connectivity index (χ1) is 13.8. The second kappa shape index (κ2) is 6.24. The third kappa shape index (κ3) is 2.94. The Hall–Kier alpha value is -3.02. The first-order valence-corrected chi connectivity index (χ1v) is 9.80. The van der Waals surface area contributed by atoms with Crippen molar-refractivity contribution in [3.8, 4) is 5.69 Å². The molecule has 2 aromatic carbocycles. The van der Waals surface area contributed by atoms with E-state index in [0.717, 1.165) is 35.7 Å². The van der Waals surface area contributed by atoms with Crippen LogP contribution in [-0.2, 0) is 12.0 Å². The molecule has 4 nitrogen and oxygen atoms in total. The lowest BCUT2D eigenvalue weighted by Gasteiger charge is -2.26. The number of aromatic nitrogens is 2. The van der Waals surface area contributed by atoms with Crippen LogP contribution in [0.2, 0.25) is 0 Å². The summed E-state index contributed by atoms with van der Waals surface area (Å²) in [5.41, 5.74) is 2.69. The van der Waals surface area contributed by atoms with Crippen LogP contribution in [0, 0.1) is 17.6 Å². The summed E-state index contributed by atoms with van der Waals surface area (Å²) < 4.78 is 29.3. The first-order valence-electron chi connectivity index (χ1n) is 9.80. The fourth-order valence-electron chi connectivity index (χ4n) is 4.40. The Bertz CT molecular complexity index is 1120. The van der Waals surface area contributed by atoms with E-state index < -0.39 is 17.2 Å². The van der Waals surface area contributed by atoms with Gasteiger partial charge in [0.15, 0.2) is 11.5 Å². The highest BCUT2D eigenvalue weighted by Crippen LogP contribution is 2.57. The number of nitrogens with one attached hydrogen (secondary N) is 1. The summed E-state index contributed by atoms with van der Waals surface area (Å²) in [6.07, 6.45) is 1.80. The van der Waals surface area contributed by atoms with Crippen LogP contribution in [0.1, 0.15) is 53.5 Å². The molecule has 148 valence electrons. The average molecular weight is 393 g/mol. The van der Waals surface area contributed by atoms with Gasteiger partial charge in [-0.05, 0) is 50.3 Å². The Labute approximate surface area is 167 Å². The largest absolute Gasteiger partial charge is 0.342 e. The smallest absolute Gasteiger partial charge is 0.272 e. The molecule has 0 unspecified atom stereocenters. The fourth-order valence-corrected chi connectivity index (χ4v) is 4.40.